The van der Waals surface area contributed by atoms with Gasteiger partial charge in [-0.2, -0.15) is 23.5 Å². The number of hydrogen-bond donors (Lipinski definition) is 2. The molecule has 158 valence electrons. The summed E-state index contributed by atoms with van der Waals surface area (Å²) < 4.78 is 1.21. The fourth-order valence-electron chi connectivity index (χ4n) is 2.97. The zero-order valence-electron chi connectivity index (χ0n) is 16.4. The van der Waals surface area contributed by atoms with Crippen LogP contribution in [0.4, 0.5) is 0 Å². The van der Waals surface area contributed by atoms with Gasteiger partial charge in [0, 0.05) is 44.0 Å². The van der Waals surface area contributed by atoms with Crippen LogP contribution < -0.4 is 0 Å². The molecule has 2 aliphatic heterocycles. The smallest absolute Gasteiger partial charge is 0.0622 e. The fraction of sp³-hybridized carbons (Fsp3) is 0.700. The van der Waals surface area contributed by atoms with E-state index < -0.39 is 0 Å². The van der Waals surface area contributed by atoms with E-state index in [9.17, 15) is 10.2 Å². The first-order valence-corrected chi connectivity index (χ1v) is 15.7. The Kier molecular flexibility index (Phi) is 10.5. The number of thioether (sulfide) groups is 6. The summed E-state index contributed by atoms with van der Waals surface area (Å²) in [5, 5.41) is 20.7. The maximum absolute atomic E-state index is 9.31. The van der Waals surface area contributed by atoms with Crippen LogP contribution in [-0.2, 0) is 11.5 Å². The van der Waals surface area contributed by atoms with Gasteiger partial charge in [-0.15, -0.1) is 47.0 Å². The third-order valence-electron chi connectivity index (χ3n) is 4.77. The van der Waals surface area contributed by atoms with Crippen molar-refractivity contribution in [1.29, 1.82) is 0 Å². The van der Waals surface area contributed by atoms with Gasteiger partial charge in [-0.25, -0.2) is 0 Å². The van der Waals surface area contributed by atoms with Gasteiger partial charge in [0.05, 0.1) is 22.4 Å². The van der Waals surface area contributed by atoms with E-state index in [-0.39, 0.29) is 0 Å². The summed E-state index contributed by atoms with van der Waals surface area (Å²) in [7, 11) is 0. The van der Waals surface area contributed by atoms with Gasteiger partial charge >= 0.3 is 0 Å². The first-order valence-electron chi connectivity index (χ1n) is 9.66. The summed E-state index contributed by atoms with van der Waals surface area (Å²) in [6.45, 7) is 5.26. The minimum absolute atomic E-state index is 0.309. The SMILES string of the molecule is CC(SCc1ccc(CSC(C)C2SCC(CO)S2)cc1)C1SCC(CO)S1. The summed E-state index contributed by atoms with van der Waals surface area (Å²) in [5.74, 6) is 4.29. The molecule has 2 nitrogen and oxygen atoms in total. The molecule has 6 atom stereocenters. The van der Waals surface area contributed by atoms with Crippen LogP contribution in [0.1, 0.15) is 25.0 Å². The Bertz CT molecular complexity index is 536. The summed E-state index contributed by atoms with van der Waals surface area (Å²) >= 11 is 12.0. The van der Waals surface area contributed by atoms with E-state index in [1.54, 1.807) is 0 Å². The molecule has 0 aliphatic carbocycles. The molecule has 0 spiro atoms. The molecule has 8 heteroatoms. The normalized spacial score (nSPS) is 29.9. The zero-order valence-corrected chi connectivity index (χ0v) is 21.3. The van der Waals surface area contributed by atoms with Crippen LogP contribution in [0.3, 0.4) is 0 Å². The monoisotopic (exact) mass is 494 g/mol. The van der Waals surface area contributed by atoms with Crippen molar-refractivity contribution in [3.63, 3.8) is 0 Å². The van der Waals surface area contributed by atoms with Gasteiger partial charge in [0.15, 0.2) is 0 Å². The Hall–Kier alpha value is 1.24. The van der Waals surface area contributed by atoms with Gasteiger partial charge < -0.3 is 10.2 Å². The number of aliphatic hydroxyl groups is 2. The number of rotatable bonds is 10. The predicted molar refractivity (Wildman–Crippen MR) is 137 cm³/mol. The molecule has 0 saturated carbocycles. The molecule has 2 saturated heterocycles. The largest absolute Gasteiger partial charge is 0.395 e. The molecule has 0 amide bonds. The van der Waals surface area contributed by atoms with Crippen molar-refractivity contribution in [3.05, 3.63) is 35.4 Å². The van der Waals surface area contributed by atoms with E-state index in [0.717, 1.165) is 23.0 Å². The second kappa shape index (κ2) is 12.3. The fourth-order valence-corrected chi connectivity index (χ4v) is 12.5. The lowest BCUT2D eigenvalue weighted by molar-refractivity contribution is 0.301. The molecule has 2 fully saturated rings. The Morgan fingerprint density at radius 3 is 1.54 bits per heavy atom. The number of aliphatic hydroxyl groups excluding tert-OH is 2. The molecular weight excluding hydrogens is 465 g/mol. The maximum Gasteiger partial charge on any atom is 0.0622 e. The van der Waals surface area contributed by atoms with Crippen molar-refractivity contribution >= 4 is 70.6 Å². The molecule has 0 bridgehead atoms. The predicted octanol–water partition coefficient (Wildman–Crippen LogP) is 5.26. The Morgan fingerprint density at radius 1 is 0.821 bits per heavy atom. The Balaban J connectivity index is 1.37. The molecule has 3 rings (SSSR count). The number of benzene rings is 1. The van der Waals surface area contributed by atoms with E-state index in [0.29, 0.717) is 43.4 Å². The van der Waals surface area contributed by atoms with Crippen molar-refractivity contribution < 1.29 is 10.2 Å². The van der Waals surface area contributed by atoms with Crippen molar-refractivity contribution in [1.82, 2.24) is 0 Å². The summed E-state index contributed by atoms with van der Waals surface area (Å²) in [6, 6.07) is 9.14. The van der Waals surface area contributed by atoms with Crippen LogP contribution >= 0.6 is 70.6 Å². The zero-order chi connectivity index (χ0) is 19.9. The molecule has 6 unspecified atom stereocenters. The van der Waals surface area contributed by atoms with Crippen LogP contribution in [0.2, 0.25) is 0 Å². The lowest BCUT2D eigenvalue weighted by Crippen LogP contribution is -2.12. The van der Waals surface area contributed by atoms with Crippen molar-refractivity contribution in [3.8, 4) is 0 Å². The lowest BCUT2D eigenvalue weighted by atomic mass is 10.2. The standard InChI is InChI=1S/C20H30O2S6/c1-13(19-25-11-17(7-21)27-19)23-9-15-3-5-16(6-4-15)10-24-14(2)20-26-12-18(8-22)28-20/h3-6,13-14,17-22H,7-12H2,1-2H3. The first kappa shape index (κ1) is 23.9. The van der Waals surface area contributed by atoms with Gasteiger partial charge in [0.1, 0.15) is 0 Å². The third kappa shape index (κ3) is 7.14. The molecule has 2 aliphatic rings. The van der Waals surface area contributed by atoms with Crippen LogP contribution in [-0.4, -0.2) is 65.1 Å². The molecule has 0 radical (unpaired) electrons. The van der Waals surface area contributed by atoms with Crippen LogP contribution in [0.25, 0.3) is 0 Å². The second-order valence-electron chi connectivity index (χ2n) is 7.13. The maximum atomic E-state index is 9.31. The molecule has 0 aromatic heterocycles. The van der Waals surface area contributed by atoms with Gasteiger partial charge in [-0.05, 0) is 11.1 Å². The molecule has 2 N–H and O–H groups in total. The van der Waals surface area contributed by atoms with Gasteiger partial charge in [0.2, 0.25) is 0 Å². The highest BCUT2D eigenvalue weighted by molar-refractivity contribution is 8.22. The van der Waals surface area contributed by atoms with Crippen LogP contribution in [0, 0.1) is 0 Å². The second-order valence-corrected chi connectivity index (χ2v) is 15.7. The van der Waals surface area contributed by atoms with Gasteiger partial charge in [0.25, 0.3) is 0 Å². The highest BCUT2D eigenvalue weighted by atomic mass is 32.2. The summed E-state index contributed by atoms with van der Waals surface area (Å²) in [4.78, 5) is 0. The summed E-state index contributed by atoms with van der Waals surface area (Å²) in [6.07, 6.45) is 0. The van der Waals surface area contributed by atoms with E-state index in [2.05, 4.69) is 38.1 Å². The molecular formula is C20H30O2S6. The first-order chi connectivity index (χ1) is 13.6. The van der Waals surface area contributed by atoms with E-state index in [4.69, 9.17) is 0 Å². The van der Waals surface area contributed by atoms with E-state index in [1.165, 1.54) is 11.1 Å². The highest BCUT2D eigenvalue weighted by Crippen LogP contribution is 2.44. The quantitative estimate of drug-likeness (QED) is 0.456. The van der Waals surface area contributed by atoms with E-state index in [1.807, 2.05) is 70.6 Å². The van der Waals surface area contributed by atoms with Crippen LogP contribution in [0.15, 0.2) is 24.3 Å². The average molecular weight is 495 g/mol. The van der Waals surface area contributed by atoms with Crippen molar-refractivity contribution in [2.45, 2.75) is 55.5 Å². The highest BCUT2D eigenvalue weighted by Gasteiger charge is 2.30. The number of hydrogen-bond acceptors (Lipinski definition) is 8. The summed E-state index contributed by atoms with van der Waals surface area (Å²) in [5.41, 5.74) is 2.80. The Morgan fingerprint density at radius 2 is 1.21 bits per heavy atom. The molecule has 28 heavy (non-hydrogen) atoms. The van der Waals surface area contributed by atoms with Crippen molar-refractivity contribution in [2.75, 3.05) is 24.7 Å². The molecule has 2 heterocycles. The lowest BCUT2D eigenvalue weighted by Gasteiger charge is -2.18. The minimum atomic E-state index is 0.309. The van der Waals surface area contributed by atoms with Gasteiger partial charge in [-0.3, -0.25) is 0 Å². The average Bonchev–Trinajstić information content (AvgIpc) is 3.40. The Labute approximate surface area is 195 Å². The van der Waals surface area contributed by atoms with Crippen molar-refractivity contribution in [2.24, 2.45) is 0 Å². The minimum Gasteiger partial charge on any atom is -0.395 e. The molecule has 1 aromatic carbocycles. The van der Waals surface area contributed by atoms with Crippen LogP contribution in [0.5, 0.6) is 0 Å². The topological polar surface area (TPSA) is 40.5 Å². The van der Waals surface area contributed by atoms with E-state index >= 15 is 0 Å². The van der Waals surface area contributed by atoms with Gasteiger partial charge in [-0.1, -0.05) is 38.1 Å². The third-order valence-corrected chi connectivity index (χ3v) is 15.4. The molecule has 1 aromatic rings.